The topological polar surface area (TPSA) is 29.5 Å². The number of carbonyl (C=O) groups excluding carboxylic acids is 1. The maximum Gasteiger partial charge on any atom is 0.426 e. The zero-order valence-corrected chi connectivity index (χ0v) is 20.0. The molecule has 2 aliphatic carbocycles. The molecular formula is C28H28F5NO2. The lowest BCUT2D eigenvalue weighted by atomic mass is 9.63. The summed E-state index contributed by atoms with van der Waals surface area (Å²) in [5.74, 6) is 0.359. The summed E-state index contributed by atoms with van der Waals surface area (Å²) in [6.07, 6.45) is -2.78. The minimum absolute atomic E-state index is 0.0109. The Morgan fingerprint density at radius 3 is 2.44 bits per heavy atom. The average molecular weight is 506 g/mol. The highest BCUT2D eigenvalue weighted by Gasteiger charge is 2.62. The molecular weight excluding hydrogens is 477 g/mol. The van der Waals surface area contributed by atoms with Crippen molar-refractivity contribution in [2.24, 2.45) is 17.8 Å². The summed E-state index contributed by atoms with van der Waals surface area (Å²) in [4.78, 5) is 15.6. The van der Waals surface area contributed by atoms with Gasteiger partial charge >= 0.3 is 6.18 Å². The Balaban J connectivity index is 1.39. The molecule has 3 fully saturated rings. The number of ether oxygens (including phenoxy) is 1. The molecule has 3 nitrogen and oxygen atoms in total. The number of alkyl halides is 4. The molecule has 8 heteroatoms. The molecule has 192 valence electrons. The van der Waals surface area contributed by atoms with Gasteiger partial charge in [-0.3, -0.25) is 4.79 Å². The van der Waals surface area contributed by atoms with Gasteiger partial charge in [0.15, 0.2) is 0 Å². The van der Waals surface area contributed by atoms with Crippen molar-refractivity contribution in [1.29, 1.82) is 0 Å². The highest BCUT2D eigenvalue weighted by atomic mass is 19.4. The van der Waals surface area contributed by atoms with Gasteiger partial charge in [-0.15, -0.1) is 0 Å². The fourth-order valence-corrected chi connectivity index (χ4v) is 7.05. The van der Waals surface area contributed by atoms with E-state index < -0.39 is 22.8 Å². The van der Waals surface area contributed by atoms with Crippen molar-refractivity contribution in [3.8, 4) is 0 Å². The first-order valence-electron chi connectivity index (χ1n) is 12.6. The van der Waals surface area contributed by atoms with Gasteiger partial charge in [0.25, 0.3) is 0 Å². The van der Waals surface area contributed by atoms with Crippen LogP contribution in [-0.4, -0.2) is 42.8 Å². The van der Waals surface area contributed by atoms with Crippen LogP contribution in [0.15, 0.2) is 42.5 Å². The number of benzene rings is 2. The van der Waals surface area contributed by atoms with Crippen molar-refractivity contribution in [3.05, 3.63) is 70.5 Å². The van der Waals surface area contributed by atoms with E-state index in [-0.39, 0.29) is 35.5 Å². The minimum Gasteiger partial charge on any atom is -0.381 e. The number of nitrogens with zero attached hydrogens (tertiary/aromatic N) is 1. The molecule has 1 unspecified atom stereocenters. The summed E-state index contributed by atoms with van der Waals surface area (Å²) in [7, 11) is 0. The third-order valence-corrected chi connectivity index (χ3v) is 9.17. The monoisotopic (exact) mass is 505 g/mol. The number of hydrogen-bond acceptors (Lipinski definition) is 2. The van der Waals surface area contributed by atoms with Crippen LogP contribution in [0.4, 0.5) is 22.0 Å². The number of likely N-dealkylation sites (tertiary alicyclic amines) is 1. The zero-order chi connectivity index (χ0) is 25.5. The fourth-order valence-electron chi connectivity index (χ4n) is 7.05. The summed E-state index contributed by atoms with van der Waals surface area (Å²) in [5, 5.41) is 0. The average Bonchev–Trinajstić information content (AvgIpc) is 3.15. The SMILES string of the molecule is CC(F)(c1ccc2c(c1)CC[C@H]1N(C(=O)[C@@H]3[C@@H]4COC[C@@H]43)CC[C@@]21Cc1ccc(F)cc1)C(F)(F)F. The van der Waals surface area contributed by atoms with Crippen LogP contribution in [0.3, 0.4) is 0 Å². The molecule has 2 aliphatic heterocycles. The number of amides is 1. The van der Waals surface area contributed by atoms with E-state index in [1.807, 2.05) is 4.90 Å². The van der Waals surface area contributed by atoms with Gasteiger partial charge in [-0.25, -0.2) is 8.78 Å². The Morgan fingerprint density at radius 2 is 1.78 bits per heavy atom. The number of fused-ring (bicyclic) bond motifs is 4. The van der Waals surface area contributed by atoms with E-state index in [1.165, 1.54) is 24.3 Å². The van der Waals surface area contributed by atoms with Crippen LogP contribution >= 0.6 is 0 Å². The number of hydrogen-bond donors (Lipinski definition) is 0. The van der Waals surface area contributed by atoms with Crippen molar-refractivity contribution in [1.82, 2.24) is 4.90 Å². The van der Waals surface area contributed by atoms with E-state index in [0.717, 1.165) is 11.1 Å². The molecule has 2 heterocycles. The second-order valence-electron chi connectivity index (χ2n) is 11.1. The lowest BCUT2D eigenvalue weighted by molar-refractivity contribution is -0.228. The van der Waals surface area contributed by atoms with Gasteiger partial charge in [-0.05, 0) is 78.8 Å². The molecule has 0 bridgehead atoms. The number of carbonyl (C=O) groups is 1. The molecule has 1 amide bonds. The third-order valence-electron chi connectivity index (χ3n) is 9.17. The standard InChI is InChI=1S/C28H28F5NO2/c1-26(30,28(31,32)33)18-5-8-22-17(12-18)4-9-23-27(22,13-16-2-6-19(29)7-3-16)10-11-34(23)25(35)24-20-14-36-15-21(20)24/h2-3,5-8,12,20-21,23-24H,4,9-11,13-15H2,1H3/t20-,21+,23-,24-,26?,27-/m1/s1. The van der Waals surface area contributed by atoms with Crippen molar-refractivity contribution in [3.63, 3.8) is 0 Å². The molecule has 6 atom stereocenters. The van der Waals surface area contributed by atoms with Crippen LogP contribution in [0.5, 0.6) is 0 Å². The molecule has 0 spiro atoms. The largest absolute Gasteiger partial charge is 0.426 e. The highest BCUT2D eigenvalue weighted by Crippen LogP contribution is 2.55. The van der Waals surface area contributed by atoms with E-state index in [1.54, 1.807) is 18.2 Å². The minimum atomic E-state index is -5.02. The lowest BCUT2D eigenvalue weighted by Gasteiger charge is -2.44. The predicted molar refractivity (Wildman–Crippen MR) is 122 cm³/mol. The van der Waals surface area contributed by atoms with Crippen molar-refractivity contribution >= 4 is 5.91 Å². The Labute approximate surface area is 206 Å². The maximum atomic E-state index is 14.8. The molecule has 36 heavy (non-hydrogen) atoms. The molecule has 1 saturated carbocycles. The van der Waals surface area contributed by atoms with E-state index in [4.69, 9.17) is 4.74 Å². The Morgan fingerprint density at radius 1 is 1.08 bits per heavy atom. The van der Waals surface area contributed by atoms with Crippen molar-refractivity contribution < 1.29 is 31.5 Å². The van der Waals surface area contributed by atoms with Crippen LogP contribution in [-0.2, 0) is 33.5 Å². The molecule has 2 aromatic rings. The van der Waals surface area contributed by atoms with Crippen molar-refractivity contribution in [2.45, 2.75) is 55.9 Å². The van der Waals surface area contributed by atoms with Gasteiger partial charge in [0.2, 0.25) is 11.6 Å². The van der Waals surface area contributed by atoms with Crippen LogP contribution in [0, 0.1) is 23.6 Å². The molecule has 2 saturated heterocycles. The Bertz CT molecular complexity index is 1180. The number of aryl methyl sites for hydroxylation is 1. The number of halogens is 5. The summed E-state index contributed by atoms with van der Waals surface area (Å²) in [5.41, 5.74) is -1.91. The van der Waals surface area contributed by atoms with Crippen molar-refractivity contribution in [2.75, 3.05) is 19.8 Å². The van der Waals surface area contributed by atoms with Crippen LogP contribution in [0.1, 0.15) is 42.0 Å². The molecule has 0 radical (unpaired) electrons. The fraction of sp³-hybridized carbons (Fsp3) is 0.536. The summed E-state index contributed by atoms with van der Waals surface area (Å²) >= 11 is 0. The lowest BCUT2D eigenvalue weighted by Crippen LogP contribution is -2.50. The normalized spacial score (nSPS) is 32.4. The molecule has 0 aromatic heterocycles. The van der Waals surface area contributed by atoms with Crippen LogP contribution in [0.2, 0.25) is 0 Å². The van der Waals surface area contributed by atoms with Gasteiger partial charge in [0, 0.05) is 23.9 Å². The van der Waals surface area contributed by atoms with E-state index in [2.05, 4.69) is 0 Å². The molecule has 2 aromatic carbocycles. The highest BCUT2D eigenvalue weighted by molar-refractivity contribution is 5.83. The summed E-state index contributed by atoms with van der Waals surface area (Å²) in [6, 6.07) is 10.4. The van der Waals surface area contributed by atoms with Gasteiger partial charge in [0.05, 0.1) is 13.2 Å². The third kappa shape index (κ3) is 3.51. The first-order valence-corrected chi connectivity index (χ1v) is 12.6. The van der Waals surface area contributed by atoms with Gasteiger partial charge in [-0.1, -0.05) is 30.3 Å². The van der Waals surface area contributed by atoms with Gasteiger partial charge < -0.3 is 9.64 Å². The van der Waals surface area contributed by atoms with Gasteiger partial charge in [-0.2, -0.15) is 13.2 Å². The Kier molecular flexibility index (Phi) is 5.31. The summed E-state index contributed by atoms with van der Waals surface area (Å²) in [6.45, 7) is 2.35. The van der Waals surface area contributed by atoms with Crippen LogP contribution < -0.4 is 0 Å². The van der Waals surface area contributed by atoms with E-state index in [0.29, 0.717) is 57.9 Å². The quantitative estimate of drug-likeness (QED) is 0.515. The number of rotatable bonds is 4. The first-order chi connectivity index (χ1) is 17.0. The van der Waals surface area contributed by atoms with E-state index >= 15 is 0 Å². The molecule has 6 rings (SSSR count). The summed E-state index contributed by atoms with van der Waals surface area (Å²) < 4.78 is 74.1. The second kappa shape index (κ2) is 8.01. The van der Waals surface area contributed by atoms with E-state index in [9.17, 15) is 26.7 Å². The van der Waals surface area contributed by atoms with Crippen LogP contribution in [0.25, 0.3) is 0 Å². The molecule has 0 N–H and O–H groups in total. The molecule has 4 aliphatic rings. The maximum absolute atomic E-state index is 14.8. The van der Waals surface area contributed by atoms with Gasteiger partial charge in [0.1, 0.15) is 5.82 Å². The first kappa shape index (κ1) is 23.9. The Hall–Kier alpha value is -2.48. The second-order valence-corrected chi connectivity index (χ2v) is 11.1. The predicted octanol–water partition coefficient (Wildman–Crippen LogP) is 5.49. The zero-order valence-electron chi connectivity index (χ0n) is 20.0. The smallest absolute Gasteiger partial charge is 0.381 e.